The number of amides is 1. The number of carbonyl (C=O) groups excluding carboxylic acids is 1. The van der Waals surface area contributed by atoms with Crippen molar-refractivity contribution in [3.8, 4) is 0 Å². The molecule has 1 aromatic rings. The summed E-state index contributed by atoms with van der Waals surface area (Å²) < 4.78 is 0.645. The average Bonchev–Trinajstić information content (AvgIpc) is 2.65. The maximum atomic E-state index is 12.1. The lowest BCUT2D eigenvalue weighted by molar-refractivity contribution is -0.122. The molecule has 0 aliphatic carbocycles. The molecule has 1 saturated heterocycles. The van der Waals surface area contributed by atoms with Gasteiger partial charge in [0.2, 0.25) is 0 Å². The van der Waals surface area contributed by atoms with E-state index in [1.807, 2.05) is 50.3 Å². The standard InChI is InChI=1S/C15H15NOS2/c1-3-16-14(17)13(19-15(16)18)10-11(2)9-12-7-5-4-6-8-12/h4-10H,3H2,1-2H3/b11-9+,13-10-. The number of carbonyl (C=O) groups is 1. The van der Waals surface area contributed by atoms with Crippen molar-refractivity contribution < 1.29 is 4.79 Å². The lowest BCUT2D eigenvalue weighted by Gasteiger charge is -2.09. The van der Waals surface area contributed by atoms with Crippen molar-refractivity contribution in [1.82, 2.24) is 4.90 Å². The molecule has 0 bridgehead atoms. The van der Waals surface area contributed by atoms with E-state index in [-0.39, 0.29) is 5.91 Å². The minimum absolute atomic E-state index is 0.0123. The minimum atomic E-state index is 0.0123. The van der Waals surface area contributed by atoms with Crippen LogP contribution < -0.4 is 0 Å². The van der Waals surface area contributed by atoms with Gasteiger partial charge in [-0.25, -0.2) is 0 Å². The van der Waals surface area contributed by atoms with Gasteiger partial charge >= 0.3 is 0 Å². The Hall–Kier alpha value is -1.39. The minimum Gasteiger partial charge on any atom is -0.293 e. The summed E-state index contributed by atoms with van der Waals surface area (Å²) in [6.45, 7) is 4.55. The predicted molar refractivity (Wildman–Crippen MR) is 85.8 cm³/mol. The average molecular weight is 289 g/mol. The molecule has 0 N–H and O–H groups in total. The Morgan fingerprint density at radius 3 is 2.63 bits per heavy atom. The summed E-state index contributed by atoms with van der Waals surface area (Å²) in [6.07, 6.45) is 3.96. The molecule has 0 unspecified atom stereocenters. The lowest BCUT2D eigenvalue weighted by Crippen LogP contribution is -2.27. The molecular weight excluding hydrogens is 274 g/mol. The molecule has 19 heavy (non-hydrogen) atoms. The van der Waals surface area contributed by atoms with Gasteiger partial charge < -0.3 is 0 Å². The van der Waals surface area contributed by atoms with Crippen LogP contribution in [-0.4, -0.2) is 21.7 Å². The number of thiocarbonyl (C=S) groups is 1. The molecule has 0 aromatic heterocycles. The summed E-state index contributed by atoms with van der Waals surface area (Å²) in [4.78, 5) is 14.4. The van der Waals surface area contributed by atoms with E-state index in [9.17, 15) is 4.79 Å². The van der Waals surface area contributed by atoms with E-state index < -0.39 is 0 Å². The molecule has 1 fully saturated rings. The van der Waals surface area contributed by atoms with Crippen LogP contribution in [0.1, 0.15) is 19.4 Å². The van der Waals surface area contributed by atoms with Crippen molar-refractivity contribution in [3.05, 3.63) is 52.4 Å². The molecule has 1 aromatic carbocycles. The van der Waals surface area contributed by atoms with E-state index in [1.165, 1.54) is 11.8 Å². The van der Waals surface area contributed by atoms with Gasteiger partial charge in [0.25, 0.3) is 5.91 Å². The fourth-order valence-electron chi connectivity index (χ4n) is 1.83. The monoisotopic (exact) mass is 289 g/mol. The van der Waals surface area contributed by atoms with E-state index in [0.29, 0.717) is 15.8 Å². The van der Waals surface area contributed by atoms with Crippen LogP contribution >= 0.6 is 24.0 Å². The number of hydrogen-bond donors (Lipinski definition) is 0. The number of nitrogens with zero attached hydrogens (tertiary/aromatic N) is 1. The quantitative estimate of drug-likeness (QED) is 0.622. The smallest absolute Gasteiger partial charge is 0.266 e. The molecule has 1 aliphatic rings. The summed E-state index contributed by atoms with van der Waals surface area (Å²) in [5.41, 5.74) is 2.17. The molecule has 0 radical (unpaired) electrons. The van der Waals surface area contributed by atoms with Gasteiger partial charge in [-0.2, -0.15) is 0 Å². The van der Waals surface area contributed by atoms with Gasteiger partial charge in [-0.05, 0) is 31.1 Å². The Labute approximate surface area is 123 Å². The fourth-order valence-corrected chi connectivity index (χ4v) is 3.27. The van der Waals surface area contributed by atoms with Gasteiger partial charge in [-0.3, -0.25) is 9.69 Å². The van der Waals surface area contributed by atoms with Crippen molar-refractivity contribution in [3.63, 3.8) is 0 Å². The maximum Gasteiger partial charge on any atom is 0.266 e. The zero-order chi connectivity index (χ0) is 13.8. The van der Waals surface area contributed by atoms with E-state index in [1.54, 1.807) is 4.90 Å². The second kappa shape index (κ2) is 6.17. The van der Waals surface area contributed by atoms with E-state index in [4.69, 9.17) is 12.2 Å². The van der Waals surface area contributed by atoms with Crippen molar-refractivity contribution >= 4 is 40.3 Å². The summed E-state index contributed by atoms with van der Waals surface area (Å²) in [5, 5.41) is 0. The Morgan fingerprint density at radius 2 is 2.05 bits per heavy atom. The molecule has 98 valence electrons. The van der Waals surface area contributed by atoms with Crippen molar-refractivity contribution in [1.29, 1.82) is 0 Å². The first-order valence-corrected chi connectivity index (χ1v) is 7.33. The molecule has 1 amide bonds. The molecule has 0 spiro atoms. The molecular formula is C15H15NOS2. The van der Waals surface area contributed by atoms with Gasteiger partial charge in [-0.1, -0.05) is 60.4 Å². The Kier molecular flexibility index (Phi) is 4.56. The van der Waals surface area contributed by atoms with Gasteiger partial charge in [0.1, 0.15) is 4.32 Å². The van der Waals surface area contributed by atoms with Gasteiger partial charge in [-0.15, -0.1) is 0 Å². The Balaban J connectivity index is 2.21. The summed E-state index contributed by atoms with van der Waals surface area (Å²) in [5.74, 6) is 0.0123. The summed E-state index contributed by atoms with van der Waals surface area (Å²) in [6, 6.07) is 10.0. The highest BCUT2D eigenvalue weighted by Crippen LogP contribution is 2.31. The van der Waals surface area contributed by atoms with E-state index in [0.717, 1.165) is 11.1 Å². The molecule has 1 heterocycles. The van der Waals surface area contributed by atoms with Crippen LogP contribution in [0.15, 0.2) is 46.9 Å². The topological polar surface area (TPSA) is 20.3 Å². The molecule has 0 saturated carbocycles. The number of hydrogen-bond acceptors (Lipinski definition) is 3. The third kappa shape index (κ3) is 3.33. The van der Waals surface area contributed by atoms with Crippen molar-refractivity contribution in [2.45, 2.75) is 13.8 Å². The van der Waals surface area contributed by atoms with Crippen LogP contribution in [0.5, 0.6) is 0 Å². The fraction of sp³-hybridized carbons (Fsp3) is 0.200. The third-order valence-electron chi connectivity index (χ3n) is 2.74. The zero-order valence-corrected chi connectivity index (χ0v) is 12.6. The first-order chi connectivity index (χ1) is 9.11. The van der Waals surface area contributed by atoms with Crippen LogP contribution in [-0.2, 0) is 4.79 Å². The van der Waals surface area contributed by atoms with Crippen LogP contribution in [0.25, 0.3) is 6.08 Å². The molecule has 1 aliphatic heterocycles. The molecule has 0 atom stereocenters. The highest BCUT2D eigenvalue weighted by Gasteiger charge is 2.30. The first kappa shape index (κ1) is 14.0. The largest absolute Gasteiger partial charge is 0.293 e. The number of allylic oxidation sites excluding steroid dienone is 2. The SMILES string of the molecule is CCN1C(=O)/C(=C/C(C)=C/c2ccccc2)SC1=S. The van der Waals surface area contributed by atoms with Crippen LogP contribution in [0.2, 0.25) is 0 Å². The van der Waals surface area contributed by atoms with Gasteiger partial charge in [0.15, 0.2) is 0 Å². The van der Waals surface area contributed by atoms with Gasteiger partial charge in [0, 0.05) is 6.54 Å². The van der Waals surface area contributed by atoms with Crippen LogP contribution in [0.4, 0.5) is 0 Å². The Morgan fingerprint density at radius 1 is 1.37 bits per heavy atom. The highest BCUT2D eigenvalue weighted by atomic mass is 32.2. The molecule has 2 nitrogen and oxygen atoms in total. The Bertz CT molecular complexity index is 561. The van der Waals surface area contributed by atoms with E-state index in [2.05, 4.69) is 6.08 Å². The number of rotatable bonds is 3. The lowest BCUT2D eigenvalue weighted by atomic mass is 10.1. The summed E-state index contributed by atoms with van der Waals surface area (Å²) in [7, 11) is 0. The van der Waals surface area contributed by atoms with Gasteiger partial charge in [0.05, 0.1) is 4.91 Å². The molecule has 2 rings (SSSR count). The second-order valence-corrected chi connectivity index (χ2v) is 5.90. The third-order valence-corrected chi connectivity index (χ3v) is 4.12. The van der Waals surface area contributed by atoms with Crippen molar-refractivity contribution in [2.24, 2.45) is 0 Å². The zero-order valence-electron chi connectivity index (χ0n) is 10.9. The predicted octanol–water partition coefficient (Wildman–Crippen LogP) is 3.85. The number of benzene rings is 1. The highest BCUT2D eigenvalue weighted by molar-refractivity contribution is 8.26. The van der Waals surface area contributed by atoms with Crippen LogP contribution in [0.3, 0.4) is 0 Å². The second-order valence-electron chi connectivity index (χ2n) is 4.23. The first-order valence-electron chi connectivity index (χ1n) is 6.10. The summed E-state index contributed by atoms with van der Waals surface area (Å²) >= 11 is 6.56. The maximum absolute atomic E-state index is 12.1. The number of likely N-dealkylation sites (N-methyl/N-ethyl adjacent to an activating group) is 1. The number of thioether (sulfide) groups is 1. The normalized spacial score (nSPS) is 18.5. The van der Waals surface area contributed by atoms with E-state index >= 15 is 0 Å². The molecule has 4 heteroatoms. The van der Waals surface area contributed by atoms with Crippen LogP contribution in [0, 0.1) is 0 Å². The van der Waals surface area contributed by atoms with Crippen molar-refractivity contribution in [2.75, 3.05) is 6.54 Å².